The lowest BCUT2D eigenvalue weighted by atomic mass is 10.1. The van der Waals surface area contributed by atoms with E-state index in [-0.39, 0.29) is 12.1 Å². The Morgan fingerprint density at radius 3 is 2.76 bits per heavy atom. The number of β-amino-alcohol motifs (C(OH)–C–C–N with tert-alkyl or cyclic N) is 1. The minimum Gasteiger partial charge on any atom is -0.496 e. The Kier molecular flexibility index (Phi) is 6.54. The van der Waals surface area contributed by atoms with Crippen molar-refractivity contribution in [3.63, 3.8) is 0 Å². The molecule has 1 unspecified atom stereocenters. The van der Waals surface area contributed by atoms with Crippen LogP contribution in [0, 0.1) is 0 Å². The summed E-state index contributed by atoms with van der Waals surface area (Å²) in [5.41, 5.74) is 0.115. The SMILES string of the molecule is COc1ccc(Cl)cc1CNC(=O)N1CCN(CC(C)(C)O)CC1C. The van der Waals surface area contributed by atoms with Gasteiger partial charge in [0.05, 0.1) is 12.7 Å². The van der Waals surface area contributed by atoms with Crippen molar-refractivity contribution in [3.05, 3.63) is 28.8 Å². The van der Waals surface area contributed by atoms with Crippen LogP contribution in [0.3, 0.4) is 0 Å². The maximum Gasteiger partial charge on any atom is 0.317 e. The summed E-state index contributed by atoms with van der Waals surface area (Å²) in [5, 5.41) is 13.5. The van der Waals surface area contributed by atoms with Gasteiger partial charge in [-0.25, -0.2) is 4.79 Å². The number of nitrogens with one attached hydrogen (secondary N) is 1. The van der Waals surface area contributed by atoms with Crippen molar-refractivity contribution in [2.45, 2.75) is 39.0 Å². The average Bonchev–Trinajstić information content (AvgIpc) is 2.51. The highest BCUT2D eigenvalue weighted by atomic mass is 35.5. The molecule has 1 aromatic carbocycles. The van der Waals surface area contributed by atoms with Gasteiger partial charge in [-0.3, -0.25) is 4.90 Å². The summed E-state index contributed by atoms with van der Waals surface area (Å²) < 4.78 is 5.31. The van der Waals surface area contributed by atoms with Crippen LogP contribution in [0.4, 0.5) is 4.79 Å². The number of ether oxygens (including phenoxy) is 1. The number of halogens is 1. The number of piperazine rings is 1. The highest BCUT2D eigenvalue weighted by molar-refractivity contribution is 6.30. The Hall–Kier alpha value is -1.50. The van der Waals surface area contributed by atoms with Crippen LogP contribution in [0.1, 0.15) is 26.3 Å². The molecule has 1 aliphatic rings. The van der Waals surface area contributed by atoms with Gasteiger partial charge in [0.2, 0.25) is 0 Å². The van der Waals surface area contributed by atoms with Crippen LogP contribution in [0.5, 0.6) is 5.75 Å². The zero-order chi connectivity index (χ0) is 18.6. The second-order valence-electron chi connectivity index (χ2n) is 7.20. The third kappa shape index (κ3) is 5.76. The summed E-state index contributed by atoms with van der Waals surface area (Å²) >= 11 is 6.03. The topological polar surface area (TPSA) is 65.0 Å². The molecule has 0 aliphatic carbocycles. The Balaban J connectivity index is 1.91. The number of methoxy groups -OCH3 is 1. The standard InChI is InChI=1S/C18H28ClN3O3/c1-13-11-21(12-18(2,3)24)7-8-22(13)17(23)20-10-14-9-15(19)5-6-16(14)25-4/h5-6,9,13,24H,7-8,10-12H2,1-4H3,(H,20,23). The smallest absolute Gasteiger partial charge is 0.317 e. The number of rotatable bonds is 5. The van der Waals surface area contributed by atoms with Crippen LogP contribution >= 0.6 is 11.6 Å². The molecule has 2 N–H and O–H groups in total. The molecule has 7 heteroatoms. The first-order valence-corrected chi connectivity index (χ1v) is 8.89. The Morgan fingerprint density at radius 2 is 2.16 bits per heavy atom. The molecule has 0 saturated carbocycles. The van der Waals surface area contributed by atoms with E-state index in [4.69, 9.17) is 16.3 Å². The van der Waals surface area contributed by atoms with Crippen LogP contribution < -0.4 is 10.1 Å². The molecule has 140 valence electrons. The molecule has 1 atom stereocenters. The van der Waals surface area contributed by atoms with E-state index in [2.05, 4.69) is 10.2 Å². The number of amides is 2. The number of carbonyl (C=O) groups is 1. The minimum absolute atomic E-state index is 0.0809. The van der Waals surface area contributed by atoms with Crippen LogP contribution in [0.25, 0.3) is 0 Å². The summed E-state index contributed by atoms with van der Waals surface area (Å²) in [4.78, 5) is 16.6. The van der Waals surface area contributed by atoms with Crippen LogP contribution in [-0.2, 0) is 6.54 Å². The zero-order valence-electron chi connectivity index (χ0n) is 15.4. The number of carbonyl (C=O) groups excluding carboxylic acids is 1. The van der Waals surface area contributed by atoms with Crippen molar-refractivity contribution < 1.29 is 14.6 Å². The highest BCUT2D eigenvalue weighted by Gasteiger charge is 2.29. The molecule has 2 rings (SSSR count). The van der Waals surface area contributed by atoms with Gasteiger partial charge in [0, 0.05) is 49.4 Å². The zero-order valence-corrected chi connectivity index (χ0v) is 16.1. The molecule has 0 aromatic heterocycles. The fourth-order valence-electron chi connectivity index (χ4n) is 3.18. The predicted octanol–water partition coefficient (Wildman–Crippen LogP) is 2.34. The van der Waals surface area contributed by atoms with E-state index < -0.39 is 5.60 Å². The normalized spacial score (nSPS) is 19.0. The third-order valence-electron chi connectivity index (χ3n) is 4.26. The van der Waals surface area contributed by atoms with Crippen molar-refractivity contribution in [2.75, 3.05) is 33.3 Å². The number of aliphatic hydroxyl groups is 1. The van der Waals surface area contributed by atoms with Crippen molar-refractivity contribution >= 4 is 17.6 Å². The molecule has 25 heavy (non-hydrogen) atoms. The van der Waals surface area contributed by atoms with Crippen molar-refractivity contribution in [1.29, 1.82) is 0 Å². The van der Waals surface area contributed by atoms with E-state index in [1.165, 1.54) is 0 Å². The van der Waals surface area contributed by atoms with E-state index in [0.717, 1.165) is 18.7 Å². The van der Waals surface area contributed by atoms with Gasteiger partial charge in [0.15, 0.2) is 0 Å². The summed E-state index contributed by atoms with van der Waals surface area (Å²) in [5.74, 6) is 0.702. The fourth-order valence-corrected chi connectivity index (χ4v) is 3.38. The van der Waals surface area contributed by atoms with Crippen LogP contribution in [0.2, 0.25) is 5.02 Å². The number of hydrogen-bond donors (Lipinski definition) is 2. The Labute approximate surface area is 154 Å². The van der Waals surface area contributed by atoms with Crippen LogP contribution in [0.15, 0.2) is 18.2 Å². The molecule has 1 aromatic rings. The van der Waals surface area contributed by atoms with Gasteiger partial charge in [-0.1, -0.05) is 11.6 Å². The maximum absolute atomic E-state index is 12.5. The van der Waals surface area contributed by atoms with E-state index in [1.807, 2.05) is 11.8 Å². The molecule has 6 nitrogen and oxygen atoms in total. The second-order valence-corrected chi connectivity index (χ2v) is 7.64. The first-order valence-electron chi connectivity index (χ1n) is 8.51. The highest BCUT2D eigenvalue weighted by Crippen LogP contribution is 2.22. The Morgan fingerprint density at radius 1 is 1.44 bits per heavy atom. The lowest BCUT2D eigenvalue weighted by Gasteiger charge is -2.41. The van der Waals surface area contributed by atoms with Gasteiger partial charge < -0.3 is 20.1 Å². The first kappa shape index (κ1) is 19.8. The molecule has 0 bridgehead atoms. The van der Waals surface area contributed by atoms with Gasteiger partial charge in [-0.15, -0.1) is 0 Å². The second kappa shape index (κ2) is 8.25. The molecule has 2 amide bonds. The number of benzene rings is 1. The van der Waals surface area contributed by atoms with E-state index in [9.17, 15) is 9.90 Å². The molecular weight excluding hydrogens is 342 g/mol. The van der Waals surface area contributed by atoms with Crippen molar-refractivity contribution in [1.82, 2.24) is 15.1 Å². The summed E-state index contributed by atoms with van der Waals surface area (Å²) in [6, 6.07) is 5.33. The predicted molar refractivity (Wildman–Crippen MR) is 99.1 cm³/mol. The van der Waals surface area contributed by atoms with E-state index in [1.54, 1.807) is 39.2 Å². The average molecular weight is 370 g/mol. The molecule has 1 fully saturated rings. The van der Waals surface area contributed by atoms with Gasteiger partial charge in [0.1, 0.15) is 5.75 Å². The molecule has 0 radical (unpaired) electrons. The van der Waals surface area contributed by atoms with Gasteiger partial charge >= 0.3 is 6.03 Å². The number of hydrogen-bond acceptors (Lipinski definition) is 4. The molecule has 0 spiro atoms. The van der Waals surface area contributed by atoms with Crippen LogP contribution in [-0.4, -0.2) is 65.9 Å². The minimum atomic E-state index is -0.729. The first-order chi connectivity index (χ1) is 11.7. The summed E-state index contributed by atoms with van der Waals surface area (Å²) in [7, 11) is 1.60. The quantitative estimate of drug-likeness (QED) is 0.836. The fraction of sp³-hybridized carbons (Fsp3) is 0.611. The molecular formula is C18H28ClN3O3. The Bertz CT molecular complexity index is 604. The third-order valence-corrected chi connectivity index (χ3v) is 4.49. The summed E-state index contributed by atoms with van der Waals surface area (Å²) in [6.07, 6.45) is 0. The lowest BCUT2D eigenvalue weighted by molar-refractivity contribution is 0.0119. The van der Waals surface area contributed by atoms with E-state index in [0.29, 0.717) is 30.4 Å². The van der Waals surface area contributed by atoms with E-state index >= 15 is 0 Å². The molecule has 1 saturated heterocycles. The molecule has 1 aliphatic heterocycles. The van der Waals surface area contributed by atoms with Crippen molar-refractivity contribution in [2.24, 2.45) is 0 Å². The van der Waals surface area contributed by atoms with Crippen molar-refractivity contribution in [3.8, 4) is 5.75 Å². The number of urea groups is 1. The summed E-state index contributed by atoms with van der Waals surface area (Å²) in [6.45, 7) is 8.72. The number of nitrogens with zero attached hydrogens (tertiary/aromatic N) is 2. The largest absolute Gasteiger partial charge is 0.496 e. The monoisotopic (exact) mass is 369 g/mol. The van der Waals surface area contributed by atoms with Gasteiger partial charge in [0.25, 0.3) is 0 Å². The van der Waals surface area contributed by atoms with Gasteiger partial charge in [-0.05, 0) is 39.0 Å². The maximum atomic E-state index is 12.5. The molecule has 1 heterocycles. The lowest BCUT2D eigenvalue weighted by Crippen LogP contribution is -2.58. The van der Waals surface area contributed by atoms with Gasteiger partial charge in [-0.2, -0.15) is 0 Å².